The Kier molecular flexibility index (Phi) is 3.06. The molecule has 2 atom stereocenters. The van der Waals surface area contributed by atoms with Gasteiger partial charge in [-0.15, -0.1) is 0 Å². The predicted octanol–water partition coefficient (Wildman–Crippen LogP) is 2.17. The summed E-state index contributed by atoms with van der Waals surface area (Å²) in [5.74, 6) is 0.320. The van der Waals surface area contributed by atoms with Gasteiger partial charge in [0.25, 0.3) is 0 Å². The summed E-state index contributed by atoms with van der Waals surface area (Å²) in [4.78, 5) is 0. The number of hydrogen-bond acceptors (Lipinski definition) is 2. The summed E-state index contributed by atoms with van der Waals surface area (Å²) >= 11 is 5.82. The Morgan fingerprint density at radius 3 is 2.64 bits per heavy atom. The molecule has 0 bridgehead atoms. The van der Waals surface area contributed by atoms with Crippen LogP contribution in [0.3, 0.4) is 0 Å². The molecule has 1 saturated heterocycles. The zero-order valence-electron chi connectivity index (χ0n) is 7.95. The Morgan fingerprint density at radius 2 is 2.00 bits per heavy atom. The van der Waals surface area contributed by atoms with Gasteiger partial charge in [-0.1, -0.05) is 23.7 Å². The SMILES string of the molecule is NC1CCOCC1c1ccc(Cl)cc1. The maximum Gasteiger partial charge on any atom is 0.0549 e. The highest BCUT2D eigenvalue weighted by Gasteiger charge is 2.23. The lowest BCUT2D eigenvalue weighted by molar-refractivity contribution is 0.0691. The molecule has 1 fully saturated rings. The van der Waals surface area contributed by atoms with Gasteiger partial charge in [0.1, 0.15) is 0 Å². The first kappa shape index (κ1) is 9.97. The lowest BCUT2D eigenvalue weighted by Crippen LogP contribution is -2.36. The van der Waals surface area contributed by atoms with Crippen molar-refractivity contribution in [2.45, 2.75) is 18.4 Å². The predicted molar refractivity (Wildman–Crippen MR) is 57.6 cm³/mol. The van der Waals surface area contributed by atoms with E-state index < -0.39 is 0 Å². The zero-order chi connectivity index (χ0) is 9.97. The first-order chi connectivity index (χ1) is 6.77. The highest BCUT2D eigenvalue weighted by atomic mass is 35.5. The van der Waals surface area contributed by atoms with Crippen LogP contribution in [0.4, 0.5) is 0 Å². The van der Waals surface area contributed by atoms with E-state index in [0.29, 0.717) is 5.92 Å². The minimum absolute atomic E-state index is 0.213. The maximum atomic E-state index is 6.04. The normalized spacial score (nSPS) is 27.6. The van der Waals surface area contributed by atoms with Crippen molar-refractivity contribution < 1.29 is 4.74 Å². The van der Waals surface area contributed by atoms with E-state index in [4.69, 9.17) is 22.1 Å². The van der Waals surface area contributed by atoms with Gasteiger partial charge in [-0.05, 0) is 24.1 Å². The van der Waals surface area contributed by atoms with Crippen molar-refractivity contribution in [2.75, 3.05) is 13.2 Å². The largest absolute Gasteiger partial charge is 0.381 e. The van der Waals surface area contributed by atoms with Crippen LogP contribution in [0.1, 0.15) is 17.9 Å². The maximum absolute atomic E-state index is 6.04. The number of ether oxygens (including phenoxy) is 1. The molecule has 0 amide bonds. The third-order valence-corrected chi connectivity index (χ3v) is 2.96. The fourth-order valence-electron chi connectivity index (χ4n) is 1.81. The van der Waals surface area contributed by atoms with Crippen LogP contribution in [0.25, 0.3) is 0 Å². The Balaban J connectivity index is 2.16. The Hall–Kier alpha value is -0.570. The summed E-state index contributed by atoms with van der Waals surface area (Å²) in [7, 11) is 0. The fourth-order valence-corrected chi connectivity index (χ4v) is 1.93. The molecule has 0 radical (unpaired) electrons. The number of benzene rings is 1. The van der Waals surface area contributed by atoms with Gasteiger partial charge in [0.2, 0.25) is 0 Å². The van der Waals surface area contributed by atoms with E-state index in [-0.39, 0.29) is 6.04 Å². The van der Waals surface area contributed by atoms with Crippen molar-refractivity contribution >= 4 is 11.6 Å². The molecule has 0 aliphatic carbocycles. The van der Waals surface area contributed by atoms with Crippen LogP contribution >= 0.6 is 11.6 Å². The molecule has 14 heavy (non-hydrogen) atoms. The average Bonchev–Trinajstić information content (AvgIpc) is 2.20. The molecule has 1 heterocycles. The van der Waals surface area contributed by atoms with Crippen molar-refractivity contribution in [1.29, 1.82) is 0 Å². The first-order valence-corrected chi connectivity index (χ1v) is 5.24. The Morgan fingerprint density at radius 1 is 1.29 bits per heavy atom. The van der Waals surface area contributed by atoms with Gasteiger partial charge in [-0.2, -0.15) is 0 Å². The number of nitrogens with two attached hydrogens (primary N) is 1. The van der Waals surface area contributed by atoms with Crippen LogP contribution in [0.2, 0.25) is 5.02 Å². The number of rotatable bonds is 1. The molecule has 0 saturated carbocycles. The molecule has 2 unspecified atom stereocenters. The minimum atomic E-state index is 0.213. The molecule has 3 heteroatoms. The van der Waals surface area contributed by atoms with E-state index >= 15 is 0 Å². The van der Waals surface area contributed by atoms with E-state index in [1.165, 1.54) is 5.56 Å². The van der Waals surface area contributed by atoms with Gasteiger partial charge in [0, 0.05) is 23.6 Å². The van der Waals surface area contributed by atoms with E-state index in [1.807, 2.05) is 24.3 Å². The molecule has 2 N–H and O–H groups in total. The molecule has 0 spiro atoms. The van der Waals surface area contributed by atoms with Gasteiger partial charge in [0.05, 0.1) is 6.61 Å². The van der Waals surface area contributed by atoms with Crippen LogP contribution in [0.15, 0.2) is 24.3 Å². The minimum Gasteiger partial charge on any atom is -0.381 e. The molecule has 1 aliphatic heterocycles. The summed E-state index contributed by atoms with van der Waals surface area (Å²) in [6.07, 6.45) is 0.938. The van der Waals surface area contributed by atoms with Crippen molar-refractivity contribution in [3.63, 3.8) is 0 Å². The number of hydrogen-bond donors (Lipinski definition) is 1. The summed E-state index contributed by atoms with van der Waals surface area (Å²) in [5.41, 5.74) is 7.26. The molecule has 0 aromatic heterocycles. The van der Waals surface area contributed by atoms with Crippen molar-refractivity contribution in [3.05, 3.63) is 34.9 Å². The monoisotopic (exact) mass is 211 g/mol. The van der Waals surface area contributed by atoms with Crippen molar-refractivity contribution in [2.24, 2.45) is 5.73 Å². The molecule has 1 aromatic rings. The van der Waals surface area contributed by atoms with E-state index in [0.717, 1.165) is 24.7 Å². The first-order valence-electron chi connectivity index (χ1n) is 4.86. The summed E-state index contributed by atoms with van der Waals surface area (Å²) < 4.78 is 5.42. The van der Waals surface area contributed by atoms with Gasteiger partial charge in [-0.25, -0.2) is 0 Å². The average molecular weight is 212 g/mol. The highest BCUT2D eigenvalue weighted by molar-refractivity contribution is 6.30. The van der Waals surface area contributed by atoms with Gasteiger partial charge < -0.3 is 10.5 Å². The molecule has 1 aromatic carbocycles. The van der Waals surface area contributed by atoms with E-state index in [9.17, 15) is 0 Å². The molecule has 76 valence electrons. The van der Waals surface area contributed by atoms with E-state index in [2.05, 4.69) is 0 Å². The summed E-state index contributed by atoms with van der Waals surface area (Å²) in [6, 6.07) is 8.07. The van der Waals surface area contributed by atoms with E-state index in [1.54, 1.807) is 0 Å². The lowest BCUT2D eigenvalue weighted by atomic mass is 9.89. The highest BCUT2D eigenvalue weighted by Crippen LogP contribution is 2.25. The fraction of sp³-hybridized carbons (Fsp3) is 0.455. The van der Waals surface area contributed by atoms with Crippen molar-refractivity contribution in [1.82, 2.24) is 0 Å². The van der Waals surface area contributed by atoms with Gasteiger partial charge >= 0.3 is 0 Å². The van der Waals surface area contributed by atoms with Crippen molar-refractivity contribution in [3.8, 4) is 0 Å². The smallest absolute Gasteiger partial charge is 0.0549 e. The van der Waals surface area contributed by atoms with Crippen LogP contribution in [-0.2, 0) is 4.74 Å². The van der Waals surface area contributed by atoms with Crippen LogP contribution in [0, 0.1) is 0 Å². The van der Waals surface area contributed by atoms with Crippen LogP contribution < -0.4 is 5.73 Å². The molecule has 1 aliphatic rings. The summed E-state index contributed by atoms with van der Waals surface area (Å²) in [5, 5.41) is 0.763. The second-order valence-corrected chi connectivity index (χ2v) is 4.12. The molecular formula is C11H14ClNO. The quantitative estimate of drug-likeness (QED) is 0.773. The third kappa shape index (κ3) is 2.08. The second kappa shape index (κ2) is 4.30. The van der Waals surface area contributed by atoms with Gasteiger partial charge in [-0.3, -0.25) is 0 Å². The van der Waals surface area contributed by atoms with Crippen LogP contribution in [0.5, 0.6) is 0 Å². The molecule has 2 nitrogen and oxygen atoms in total. The Labute approximate surface area is 89.0 Å². The lowest BCUT2D eigenvalue weighted by Gasteiger charge is -2.28. The number of halogens is 1. The standard InChI is InChI=1S/C11H14ClNO/c12-9-3-1-8(2-4-9)10-7-14-6-5-11(10)13/h1-4,10-11H,5-7,13H2. The second-order valence-electron chi connectivity index (χ2n) is 3.69. The van der Waals surface area contributed by atoms with Crippen LogP contribution in [-0.4, -0.2) is 19.3 Å². The third-order valence-electron chi connectivity index (χ3n) is 2.71. The topological polar surface area (TPSA) is 35.2 Å². The zero-order valence-corrected chi connectivity index (χ0v) is 8.70. The molecular weight excluding hydrogens is 198 g/mol. The molecule has 2 rings (SSSR count). The van der Waals surface area contributed by atoms with Gasteiger partial charge in [0.15, 0.2) is 0 Å². The summed E-state index contributed by atoms with van der Waals surface area (Å²) in [6.45, 7) is 1.51. The Bertz CT molecular complexity index is 299.